The second kappa shape index (κ2) is 6.89. The van der Waals surface area contributed by atoms with E-state index in [0.29, 0.717) is 21.6 Å². The predicted molar refractivity (Wildman–Crippen MR) is 93.8 cm³/mol. The molecular formula is C13H9Br2NO2S2. The van der Waals surface area contributed by atoms with E-state index < -0.39 is 0 Å². The maximum absolute atomic E-state index is 11.6. The van der Waals surface area contributed by atoms with Crippen LogP contribution in [0.3, 0.4) is 0 Å². The molecule has 0 radical (unpaired) electrons. The van der Waals surface area contributed by atoms with Gasteiger partial charge in [-0.05, 0) is 55.6 Å². The lowest BCUT2D eigenvalue weighted by atomic mass is 10.2. The van der Waals surface area contributed by atoms with Gasteiger partial charge in [-0.2, -0.15) is 0 Å². The van der Waals surface area contributed by atoms with Crippen LogP contribution in [-0.4, -0.2) is 16.8 Å². The average molecular weight is 435 g/mol. The molecule has 1 heterocycles. The van der Waals surface area contributed by atoms with Gasteiger partial charge in [-0.15, -0.1) is 0 Å². The van der Waals surface area contributed by atoms with Crippen molar-refractivity contribution in [1.82, 2.24) is 5.32 Å². The zero-order chi connectivity index (χ0) is 14.7. The van der Waals surface area contributed by atoms with Gasteiger partial charge in [0.2, 0.25) is 0 Å². The molecule has 1 N–H and O–H groups in total. The van der Waals surface area contributed by atoms with Crippen LogP contribution in [0.1, 0.15) is 5.56 Å². The SMILES string of the molecule is C=CCOc1c(Br)cc(/C=C2/SC(=S)NC2=O)cc1Br. The number of thiocarbonyl (C=S) groups is 1. The summed E-state index contributed by atoms with van der Waals surface area (Å²) in [7, 11) is 0. The number of nitrogens with one attached hydrogen (secondary N) is 1. The van der Waals surface area contributed by atoms with Crippen molar-refractivity contribution in [1.29, 1.82) is 0 Å². The van der Waals surface area contributed by atoms with Crippen LogP contribution in [0.15, 0.2) is 38.6 Å². The Bertz CT molecular complexity index is 606. The van der Waals surface area contributed by atoms with E-state index in [9.17, 15) is 4.79 Å². The van der Waals surface area contributed by atoms with Crippen LogP contribution >= 0.6 is 55.8 Å². The molecule has 2 rings (SSSR count). The maximum Gasteiger partial charge on any atom is 0.263 e. The second-order valence-corrected chi connectivity index (χ2v) is 7.19. The van der Waals surface area contributed by atoms with Crippen LogP contribution in [-0.2, 0) is 4.79 Å². The molecule has 0 atom stereocenters. The first-order valence-electron chi connectivity index (χ1n) is 5.49. The Morgan fingerprint density at radius 1 is 1.40 bits per heavy atom. The molecule has 1 fully saturated rings. The lowest BCUT2D eigenvalue weighted by Crippen LogP contribution is -2.17. The summed E-state index contributed by atoms with van der Waals surface area (Å²) in [6.07, 6.45) is 3.46. The number of amides is 1. The number of hydrogen-bond donors (Lipinski definition) is 1. The first-order valence-corrected chi connectivity index (χ1v) is 8.30. The Balaban J connectivity index is 2.31. The number of rotatable bonds is 4. The largest absolute Gasteiger partial charge is 0.487 e. The van der Waals surface area contributed by atoms with Gasteiger partial charge in [-0.1, -0.05) is 36.6 Å². The van der Waals surface area contributed by atoms with Gasteiger partial charge < -0.3 is 10.1 Å². The van der Waals surface area contributed by atoms with Crippen molar-refractivity contribution >= 4 is 72.1 Å². The molecule has 0 unspecified atom stereocenters. The molecule has 1 amide bonds. The average Bonchev–Trinajstić information content (AvgIpc) is 2.67. The number of thioether (sulfide) groups is 1. The van der Waals surface area contributed by atoms with Crippen molar-refractivity contribution in [3.05, 3.63) is 44.2 Å². The van der Waals surface area contributed by atoms with Gasteiger partial charge in [0.05, 0.1) is 13.9 Å². The van der Waals surface area contributed by atoms with Crippen molar-refractivity contribution in [2.75, 3.05) is 6.61 Å². The Labute approximate surface area is 143 Å². The summed E-state index contributed by atoms with van der Waals surface area (Å²) in [5, 5.41) is 2.58. The maximum atomic E-state index is 11.6. The summed E-state index contributed by atoms with van der Waals surface area (Å²) in [6.45, 7) is 4.03. The van der Waals surface area contributed by atoms with E-state index in [4.69, 9.17) is 17.0 Å². The zero-order valence-electron chi connectivity index (χ0n) is 10.1. The molecule has 3 nitrogen and oxygen atoms in total. The van der Waals surface area contributed by atoms with Crippen molar-refractivity contribution in [3.8, 4) is 5.75 Å². The third-order valence-corrected chi connectivity index (χ3v) is 4.65. The molecule has 20 heavy (non-hydrogen) atoms. The van der Waals surface area contributed by atoms with Gasteiger partial charge >= 0.3 is 0 Å². The van der Waals surface area contributed by atoms with Crippen molar-refractivity contribution in [2.24, 2.45) is 0 Å². The zero-order valence-corrected chi connectivity index (χ0v) is 14.9. The second-order valence-electron chi connectivity index (χ2n) is 3.77. The van der Waals surface area contributed by atoms with Crippen molar-refractivity contribution in [2.45, 2.75) is 0 Å². The molecule has 0 bridgehead atoms. The van der Waals surface area contributed by atoms with Gasteiger partial charge in [-0.3, -0.25) is 4.79 Å². The molecule has 1 aromatic rings. The monoisotopic (exact) mass is 433 g/mol. The Morgan fingerprint density at radius 2 is 2.05 bits per heavy atom. The summed E-state index contributed by atoms with van der Waals surface area (Å²) in [5.41, 5.74) is 0.872. The lowest BCUT2D eigenvalue weighted by Gasteiger charge is -2.09. The van der Waals surface area contributed by atoms with E-state index in [1.54, 1.807) is 12.2 Å². The molecule has 104 valence electrons. The number of carbonyl (C=O) groups excluding carboxylic acids is 1. The number of ether oxygens (including phenoxy) is 1. The van der Waals surface area contributed by atoms with Crippen molar-refractivity contribution in [3.63, 3.8) is 0 Å². The quantitative estimate of drug-likeness (QED) is 0.436. The van der Waals surface area contributed by atoms with E-state index in [-0.39, 0.29) is 5.91 Å². The molecule has 1 aromatic carbocycles. The summed E-state index contributed by atoms with van der Waals surface area (Å²) in [6, 6.07) is 3.76. The normalized spacial score (nSPS) is 16.4. The molecule has 1 saturated heterocycles. The summed E-state index contributed by atoms with van der Waals surface area (Å²) in [4.78, 5) is 12.2. The molecule has 0 aromatic heterocycles. The van der Waals surface area contributed by atoms with Gasteiger partial charge in [0.1, 0.15) is 16.7 Å². The molecule has 1 aliphatic heterocycles. The molecule has 0 saturated carbocycles. The third-order valence-electron chi connectivity index (χ3n) is 2.31. The smallest absolute Gasteiger partial charge is 0.263 e. The lowest BCUT2D eigenvalue weighted by molar-refractivity contribution is -0.115. The van der Waals surface area contributed by atoms with E-state index in [1.165, 1.54) is 11.8 Å². The van der Waals surface area contributed by atoms with Gasteiger partial charge in [0.25, 0.3) is 5.91 Å². The minimum atomic E-state index is -0.167. The highest BCUT2D eigenvalue weighted by atomic mass is 79.9. The van der Waals surface area contributed by atoms with Gasteiger partial charge in [-0.25, -0.2) is 0 Å². The highest BCUT2D eigenvalue weighted by Gasteiger charge is 2.22. The fourth-order valence-electron chi connectivity index (χ4n) is 1.52. The van der Waals surface area contributed by atoms with E-state index >= 15 is 0 Å². The summed E-state index contributed by atoms with van der Waals surface area (Å²) < 4.78 is 7.61. The molecule has 7 heteroatoms. The van der Waals surface area contributed by atoms with E-state index in [1.807, 2.05) is 12.1 Å². The van der Waals surface area contributed by atoms with E-state index in [0.717, 1.165) is 14.5 Å². The van der Waals surface area contributed by atoms with Crippen LogP contribution in [0.2, 0.25) is 0 Å². The first-order chi connectivity index (χ1) is 9.51. The molecule has 1 aliphatic rings. The van der Waals surface area contributed by atoms with Crippen LogP contribution in [0.25, 0.3) is 6.08 Å². The van der Waals surface area contributed by atoms with Gasteiger partial charge in [0.15, 0.2) is 0 Å². The van der Waals surface area contributed by atoms with Crippen LogP contribution < -0.4 is 10.1 Å². The number of benzene rings is 1. The van der Waals surface area contributed by atoms with E-state index in [2.05, 4.69) is 43.8 Å². The Morgan fingerprint density at radius 3 is 2.55 bits per heavy atom. The van der Waals surface area contributed by atoms with Gasteiger partial charge in [0, 0.05) is 0 Å². The minimum absolute atomic E-state index is 0.167. The van der Waals surface area contributed by atoms with Crippen molar-refractivity contribution < 1.29 is 9.53 Å². The first kappa shape index (κ1) is 15.8. The fraction of sp³-hybridized carbons (Fsp3) is 0.0769. The third kappa shape index (κ3) is 3.72. The fourth-order valence-corrected chi connectivity index (χ4v) is 4.01. The molecule has 0 aliphatic carbocycles. The standard InChI is InChI=1S/C13H9Br2NO2S2/c1-2-3-18-11-8(14)4-7(5-9(11)15)6-10-12(17)16-13(19)20-10/h2,4-6H,1,3H2,(H,16,17,19)/b10-6+. The Kier molecular flexibility index (Phi) is 5.42. The number of halogens is 2. The summed E-state index contributed by atoms with van der Waals surface area (Å²) >= 11 is 13.1. The molecule has 0 spiro atoms. The Hall–Kier alpha value is -0.630. The van der Waals surface area contributed by atoms with Crippen LogP contribution in [0.4, 0.5) is 0 Å². The number of hydrogen-bond acceptors (Lipinski definition) is 4. The number of carbonyl (C=O) groups is 1. The minimum Gasteiger partial charge on any atom is -0.487 e. The molecular weight excluding hydrogens is 426 g/mol. The topological polar surface area (TPSA) is 38.3 Å². The summed E-state index contributed by atoms with van der Waals surface area (Å²) in [5.74, 6) is 0.533. The highest BCUT2D eigenvalue weighted by Crippen LogP contribution is 2.36. The predicted octanol–water partition coefficient (Wildman–Crippen LogP) is 4.27. The van der Waals surface area contributed by atoms with Crippen LogP contribution in [0.5, 0.6) is 5.75 Å². The van der Waals surface area contributed by atoms with Crippen LogP contribution in [0, 0.1) is 0 Å². The highest BCUT2D eigenvalue weighted by molar-refractivity contribution is 9.11.